The third kappa shape index (κ3) is 3.74. The van der Waals surface area contributed by atoms with Gasteiger partial charge in [-0.2, -0.15) is 0 Å². The summed E-state index contributed by atoms with van der Waals surface area (Å²) in [7, 11) is -2.34. The Labute approximate surface area is 132 Å². The maximum absolute atomic E-state index is 12.5. The Hall–Kier alpha value is -1.60. The average molecular weight is 371 g/mol. The van der Waals surface area contributed by atoms with Crippen LogP contribution >= 0.6 is 15.9 Å². The topological polar surface area (TPSA) is 68.3 Å². The summed E-state index contributed by atoms with van der Waals surface area (Å²) < 4.78 is 33.2. The highest BCUT2D eigenvalue weighted by molar-refractivity contribution is 9.10. The SMILES string of the molecule is CCc1cccc(NS(=O)(=O)c2cc(Br)ccc2OC)n1. The van der Waals surface area contributed by atoms with Gasteiger partial charge in [0.2, 0.25) is 0 Å². The zero-order valence-corrected chi connectivity index (χ0v) is 14.0. The first-order valence-corrected chi connectivity index (χ1v) is 8.56. The zero-order valence-electron chi connectivity index (χ0n) is 11.6. The Kier molecular flexibility index (Phi) is 4.84. The minimum absolute atomic E-state index is 0.0584. The molecule has 5 nitrogen and oxygen atoms in total. The maximum atomic E-state index is 12.5. The molecule has 1 heterocycles. The fraction of sp³-hybridized carbons (Fsp3) is 0.214. The van der Waals surface area contributed by atoms with Gasteiger partial charge in [-0.25, -0.2) is 13.4 Å². The molecule has 0 saturated carbocycles. The van der Waals surface area contributed by atoms with E-state index in [0.717, 1.165) is 12.1 Å². The summed E-state index contributed by atoms with van der Waals surface area (Å²) >= 11 is 3.26. The second-order valence-electron chi connectivity index (χ2n) is 4.27. The molecule has 2 rings (SSSR count). The van der Waals surface area contributed by atoms with E-state index >= 15 is 0 Å². The number of rotatable bonds is 5. The van der Waals surface area contributed by atoms with Gasteiger partial charge in [0.05, 0.1) is 7.11 Å². The van der Waals surface area contributed by atoms with Crippen molar-refractivity contribution in [2.24, 2.45) is 0 Å². The van der Waals surface area contributed by atoms with E-state index in [1.165, 1.54) is 13.2 Å². The van der Waals surface area contributed by atoms with Gasteiger partial charge < -0.3 is 4.74 Å². The number of pyridine rings is 1. The molecule has 0 spiro atoms. The molecule has 0 saturated heterocycles. The van der Waals surface area contributed by atoms with Crippen LogP contribution in [0.4, 0.5) is 5.82 Å². The number of hydrogen-bond acceptors (Lipinski definition) is 4. The first kappa shape index (κ1) is 15.8. The number of anilines is 1. The predicted molar refractivity (Wildman–Crippen MR) is 85.1 cm³/mol. The third-order valence-electron chi connectivity index (χ3n) is 2.82. The highest BCUT2D eigenvalue weighted by Crippen LogP contribution is 2.28. The van der Waals surface area contributed by atoms with Gasteiger partial charge in [-0.15, -0.1) is 0 Å². The number of nitrogens with one attached hydrogen (secondary N) is 1. The number of sulfonamides is 1. The van der Waals surface area contributed by atoms with Gasteiger partial charge in [0.15, 0.2) is 0 Å². The number of benzene rings is 1. The van der Waals surface area contributed by atoms with E-state index in [-0.39, 0.29) is 16.5 Å². The van der Waals surface area contributed by atoms with E-state index in [9.17, 15) is 8.42 Å². The summed E-state index contributed by atoms with van der Waals surface area (Å²) in [5, 5.41) is 0. The normalized spacial score (nSPS) is 11.2. The first-order valence-electron chi connectivity index (χ1n) is 6.28. The van der Waals surface area contributed by atoms with Crippen molar-refractivity contribution in [3.8, 4) is 5.75 Å². The van der Waals surface area contributed by atoms with Crippen molar-refractivity contribution in [1.82, 2.24) is 4.98 Å². The number of methoxy groups -OCH3 is 1. The van der Waals surface area contributed by atoms with E-state index < -0.39 is 10.0 Å². The van der Waals surface area contributed by atoms with Crippen LogP contribution in [-0.2, 0) is 16.4 Å². The molecule has 0 fully saturated rings. The monoisotopic (exact) mass is 370 g/mol. The van der Waals surface area contributed by atoms with Crippen molar-refractivity contribution in [3.63, 3.8) is 0 Å². The quantitative estimate of drug-likeness (QED) is 0.876. The first-order chi connectivity index (χ1) is 9.96. The molecule has 0 aliphatic heterocycles. The number of hydrogen-bond donors (Lipinski definition) is 1. The van der Waals surface area contributed by atoms with Gasteiger partial charge in [-0.05, 0) is 36.8 Å². The van der Waals surface area contributed by atoms with Crippen LogP contribution in [0.25, 0.3) is 0 Å². The van der Waals surface area contributed by atoms with E-state index in [0.29, 0.717) is 4.47 Å². The standard InChI is InChI=1S/C14H15BrN2O3S/c1-3-11-5-4-6-14(16-11)17-21(18,19)13-9-10(15)7-8-12(13)20-2/h4-9H,3H2,1-2H3,(H,16,17). The van der Waals surface area contributed by atoms with Crippen LogP contribution in [0.3, 0.4) is 0 Å². The number of aromatic nitrogens is 1. The molecular formula is C14H15BrN2O3S. The molecule has 2 aromatic rings. The largest absolute Gasteiger partial charge is 0.495 e. The van der Waals surface area contributed by atoms with Crippen LogP contribution in [0.2, 0.25) is 0 Å². The Balaban J connectivity index is 2.40. The Bertz CT molecular complexity index is 748. The van der Waals surface area contributed by atoms with Crippen molar-refractivity contribution in [3.05, 3.63) is 46.6 Å². The highest BCUT2D eigenvalue weighted by atomic mass is 79.9. The van der Waals surface area contributed by atoms with Crippen molar-refractivity contribution in [1.29, 1.82) is 0 Å². The number of nitrogens with zero attached hydrogens (tertiary/aromatic N) is 1. The lowest BCUT2D eigenvalue weighted by molar-refractivity contribution is 0.403. The second-order valence-corrected chi connectivity index (χ2v) is 6.83. The van der Waals surface area contributed by atoms with Gasteiger partial charge in [-0.3, -0.25) is 4.72 Å². The summed E-state index contributed by atoms with van der Waals surface area (Å²) in [6.45, 7) is 1.96. The molecule has 0 aliphatic carbocycles. The molecule has 21 heavy (non-hydrogen) atoms. The molecule has 0 atom stereocenters. The molecule has 0 radical (unpaired) electrons. The van der Waals surface area contributed by atoms with Gasteiger partial charge in [0.25, 0.3) is 10.0 Å². The van der Waals surface area contributed by atoms with Crippen LogP contribution in [0.5, 0.6) is 5.75 Å². The predicted octanol–water partition coefficient (Wildman–Crippen LogP) is 3.22. The Morgan fingerprint density at radius 2 is 2.05 bits per heavy atom. The van der Waals surface area contributed by atoms with Crippen LogP contribution < -0.4 is 9.46 Å². The summed E-state index contributed by atoms with van der Waals surface area (Å²) in [5.41, 5.74) is 0.816. The summed E-state index contributed by atoms with van der Waals surface area (Å²) in [5.74, 6) is 0.564. The third-order valence-corrected chi connectivity index (χ3v) is 4.69. The molecule has 1 aromatic carbocycles. The lowest BCUT2D eigenvalue weighted by Gasteiger charge is -2.12. The smallest absolute Gasteiger partial charge is 0.266 e. The molecule has 1 N–H and O–H groups in total. The van der Waals surface area contributed by atoms with E-state index in [4.69, 9.17) is 4.74 Å². The minimum Gasteiger partial charge on any atom is -0.495 e. The van der Waals surface area contributed by atoms with Crippen LogP contribution in [0.1, 0.15) is 12.6 Å². The molecule has 0 aliphatic rings. The van der Waals surface area contributed by atoms with Crippen molar-refractivity contribution < 1.29 is 13.2 Å². The lowest BCUT2D eigenvalue weighted by Crippen LogP contribution is -2.15. The molecule has 0 bridgehead atoms. The maximum Gasteiger partial charge on any atom is 0.266 e. The highest BCUT2D eigenvalue weighted by Gasteiger charge is 2.20. The summed E-state index contributed by atoms with van der Waals surface area (Å²) in [4.78, 5) is 4.30. The molecule has 112 valence electrons. The van der Waals surface area contributed by atoms with Gasteiger partial charge in [-0.1, -0.05) is 28.9 Å². The average Bonchev–Trinajstić information content (AvgIpc) is 2.47. The van der Waals surface area contributed by atoms with Gasteiger partial charge in [0.1, 0.15) is 16.5 Å². The Morgan fingerprint density at radius 3 is 2.71 bits per heavy atom. The van der Waals surface area contributed by atoms with Crippen molar-refractivity contribution in [2.45, 2.75) is 18.2 Å². The summed E-state index contributed by atoms with van der Waals surface area (Å²) in [6, 6.07) is 10.0. The second kappa shape index (κ2) is 6.44. The van der Waals surface area contributed by atoms with E-state index in [2.05, 4.69) is 25.6 Å². The lowest BCUT2D eigenvalue weighted by atomic mass is 10.3. The van der Waals surface area contributed by atoms with E-state index in [1.807, 2.05) is 13.0 Å². The van der Waals surface area contributed by atoms with Crippen LogP contribution in [0, 0.1) is 0 Å². The minimum atomic E-state index is -3.77. The van der Waals surface area contributed by atoms with Crippen molar-refractivity contribution in [2.75, 3.05) is 11.8 Å². The fourth-order valence-corrected chi connectivity index (χ4v) is 3.50. The molecule has 1 aromatic heterocycles. The van der Waals surface area contributed by atoms with Crippen LogP contribution in [0.15, 0.2) is 45.8 Å². The van der Waals surface area contributed by atoms with E-state index in [1.54, 1.807) is 24.3 Å². The molecule has 0 amide bonds. The van der Waals surface area contributed by atoms with Gasteiger partial charge in [0, 0.05) is 10.2 Å². The molecular weight excluding hydrogens is 356 g/mol. The van der Waals surface area contributed by atoms with Gasteiger partial charge >= 0.3 is 0 Å². The fourth-order valence-electron chi connectivity index (χ4n) is 1.79. The molecule has 0 unspecified atom stereocenters. The number of halogens is 1. The zero-order chi connectivity index (χ0) is 15.5. The van der Waals surface area contributed by atoms with Crippen LogP contribution in [-0.4, -0.2) is 20.5 Å². The summed E-state index contributed by atoms with van der Waals surface area (Å²) in [6.07, 6.45) is 0.732. The Morgan fingerprint density at radius 1 is 1.29 bits per heavy atom. The number of ether oxygens (including phenoxy) is 1. The number of aryl methyl sites for hydroxylation is 1. The van der Waals surface area contributed by atoms with Crippen molar-refractivity contribution >= 4 is 31.8 Å². The molecule has 7 heteroatoms.